The summed E-state index contributed by atoms with van der Waals surface area (Å²) in [5.74, 6) is 0. The third-order valence-corrected chi connectivity index (χ3v) is 13.3. The summed E-state index contributed by atoms with van der Waals surface area (Å²) in [7, 11) is 0. The molecule has 316 valence electrons. The van der Waals surface area contributed by atoms with Crippen molar-refractivity contribution in [1.82, 2.24) is 9.13 Å². The first-order valence-electron chi connectivity index (χ1n) is 22.5. The summed E-state index contributed by atoms with van der Waals surface area (Å²) in [5, 5.41) is 29.0. The summed E-state index contributed by atoms with van der Waals surface area (Å²) in [6, 6.07) is 79.5. The van der Waals surface area contributed by atoms with E-state index in [0.717, 1.165) is 94.0 Å². The van der Waals surface area contributed by atoms with Crippen LogP contribution in [-0.4, -0.2) is 9.13 Å². The summed E-state index contributed by atoms with van der Waals surface area (Å²) < 4.78 is 16.7. The number of nitrogens with zero attached hydrogens (tertiary/aromatic N) is 4. The standard InChI is InChI=1S/2C31H18N2O/c32-19-20-17-31-26(24-12-4-8-16-30(24)34-31)18-25(20)23-11-3-7-15-29(23)33-27-13-5-1-9-21(27)22-10-2-6-14-28(22)33;32-19-21-17-20(18-26-25-12-4-8-16-30(25)34-31(21)26)22-9-1-5-13-27(22)33-28-14-6-2-10-23(28)24-11-3-7-15-29(24)33/h2*1-18H. The van der Waals surface area contributed by atoms with E-state index in [1.54, 1.807) is 0 Å². The Bertz CT molecular complexity index is 4330. The van der Waals surface area contributed by atoms with Gasteiger partial charge in [-0.05, 0) is 78.4 Å². The predicted molar refractivity (Wildman–Crippen MR) is 276 cm³/mol. The summed E-state index contributed by atoms with van der Waals surface area (Å²) in [4.78, 5) is 0. The van der Waals surface area contributed by atoms with Crippen LogP contribution in [-0.2, 0) is 0 Å². The Morgan fingerprint density at radius 2 is 0.735 bits per heavy atom. The molecule has 6 heteroatoms. The zero-order valence-corrected chi connectivity index (χ0v) is 36.4. The van der Waals surface area contributed by atoms with Crippen molar-refractivity contribution in [1.29, 1.82) is 10.5 Å². The van der Waals surface area contributed by atoms with Gasteiger partial charge in [-0.25, -0.2) is 0 Å². The molecule has 4 heterocycles. The predicted octanol–water partition coefficient (Wildman–Crippen LogP) is 16.4. The summed E-state index contributed by atoms with van der Waals surface area (Å²) >= 11 is 0. The van der Waals surface area contributed by atoms with Crippen molar-refractivity contribution < 1.29 is 8.83 Å². The Hall–Kier alpha value is -9.62. The van der Waals surface area contributed by atoms with E-state index in [0.29, 0.717) is 16.7 Å². The number of benzene rings is 10. The average molecular weight is 869 g/mol. The zero-order chi connectivity index (χ0) is 45.3. The maximum absolute atomic E-state index is 10.1. The lowest BCUT2D eigenvalue weighted by Gasteiger charge is -2.15. The molecule has 0 bridgehead atoms. The van der Waals surface area contributed by atoms with Gasteiger partial charge in [0.1, 0.15) is 22.8 Å². The number of rotatable bonds is 4. The lowest BCUT2D eigenvalue weighted by atomic mass is 9.96. The van der Waals surface area contributed by atoms with Gasteiger partial charge in [-0.2, -0.15) is 10.5 Å². The van der Waals surface area contributed by atoms with Crippen molar-refractivity contribution in [2.24, 2.45) is 0 Å². The van der Waals surface area contributed by atoms with Crippen LogP contribution >= 0.6 is 0 Å². The lowest BCUT2D eigenvalue weighted by molar-refractivity contribution is 0.667. The van der Waals surface area contributed by atoms with Crippen LogP contribution in [0.5, 0.6) is 0 Å². The Morgan fingerprint density at radius 3 is 1.28 bits per heavy atom. The minimum Gasteiger partial charge on any atom is -0.456 e. The molecule has 14 aromatic rings. The number of nitriles is 2. The van der Waals surface area contributed by atoms with Crippen molar-refractivity contribution >= 4 is 87.5 Å². The fraction of sp³-hybridized carbons (Fsp3) is 0. The Morgan fingerprint density at radius 1 is 0.309 bits per heavy atom. The molecule has 0 amide bonds. The van der Waals surface area contributed by atoms with Crippen molar-refractivity contribution in [3.63, 3.8) is 0 Å². The third-order valence-electron chi connectivity index (χ3n) is 13.3. The number of hydrogen-bond donors (Lipinski definition) is 0. The topological polar surface area (TPSA) is 83.7 Å². The van der Waals surface area contributed by atoms with Crippen molar-refractivity contribution in [3.8, 4) is 45.8 Å². The first kappa shape index (κ1) is 38.8. The van der Waals surface area contributed by atoms with E-state index in [-0.39, 0.29) is 0 Å². The molecule has 68 heavy (non-hydrogen) atoms. The molecule has 6 nitrogen and oxygen atoms in total. The highest BCUT2D eigenvalue weighted by Gasteiger charge is 2.21. The molecule has 0 N–H and O–H groups in total. The number of fused-ring (bicyclic) bond motifs is 12. The molecule has 0 saturated carbocycles. The molecule has 0 spiro atoms. The molecular formula is C62H36N4O2. The summed E-state index contributed by atoms with van der Waals surface area (Å²) in [6.45, 7) is 0. The molecule has 0 aliphatic heterocycles. The largest absolute Gasteiger partial charge is 0.456 e. The maximum Gasteiger partial charge on any atom is 0.153 e. The van der Waals surface area contributed by atoms with E-state index >= 15 is 0 Å². The summed E-state index contributed by atoms with van der Waals surface area (Å²) in [5.41, 5.74) is 14.8. The van der Waals surface area contributed by atoms with Gasteiger partial charge in [-0.1, -0.05) is 146 Å². The van der Waals surface area contributed by atoms with Gasteiger partial charge in [0.05, 0.1) is 50.6 Å². The minimum absolute atomic E-state index is 0.542. The molecule has 0 fully saturated rings. The van der Waals surface area contributed by atoms with Gasteiger partial charge < -0.3 is 18.0 Å². The van der Waals surface area contributed by atoms with E-state index in [4.69, 9.17) is 8.83 Å². The van der Waals surface area contributed by atoms with Crippen LogP contribution in [0.2, 0.25) is 0 Å². The van der Waals surface area contributed by atoms with Gasteiger partial charge >= 0.3 is 0 Å². The van der Waals surface area contributed by atoms with Gasteiger partial charge in [0.15, 0.2) is 5.58 Å². The Balaban J connectivity index is 0.000000134. The van der Waals surface area contributed by atoms with Crippen LogP contribution in [0, 0.1) is 22.7 Å². The quantitative estimate of drug-likeness (QED) is 0.176. The van der Waals surface area contributed by atoms with Crippen LogP contribution in [0.25, 0.3) is 121 Å². The van der Waals surface area contributed by atoms with Gasteiger partial charge in [0.25, 0.3) is 0 Å². The van der Waals surface area contributed by atoms with Gasteiger partial charge in [0.2, 0.25) is 0 Å². The Kier molecular flexibility index (Phi) is 8.86. The second-order valence-corrected chi connectivity index (χ2v) is 17.0. The fourth-order valence-electron chi connectivity index (χ4n) is 10.3. The molecule has 0 atom stereocenters. The molecule has 0 unspecified atom stereocenters. The zero-order valence-electron chi connectivity index (χ0n) is 36.4. The van der Waals surface area contributed by atoms with Gasteiger partial charge in [-0.15, -0.1) is 0 Å². The SMILES string of the molecule is N#Cc1cc(-c2ccccc2-n2c3ccccc3c3ccccc32)cc2c1oc1ccccc12.N#Cc1cc2oc3ccccc3c2cc1-c1ccccc1-n1c2ccccc2c2ccccc21. The number of hydrogen-bond acceptors (Lipinski definition) is 4. The minimum atomic E-state index is 0.542. The fourth-order valence-corrected chi connectivity index (χ4v) is 10.3. The molecule has 0 radical (unpaired) electrons. The smallest absolute Gasteiger partial charge is 0.153 e. The first-order chi connectivity index (χ1) is 33.7. The van der Waals surface area contributed by atoms with Crippen LogP contribution < -0.4 is 0 Å². The number of furan rings is 2. The van der Waals surface area contributed by atoms with Crippen LogP contribution in [0.3, 0.4) is 0 Å². The van der Waals surface area contributed by atoms with Crippen LogP contribution in [0.15, 0.2) is 227 Å². The number of para-hydroxylation sites is 8. The first-order valence-corrected chi connectivity index (χ1v) is 22.5. The molecule has 0 aliphatic carbocycles. The molecule has 14 rings (SSSR count). The highest BCUT2D eigenvalue weighted by Crippen LogP contribution is 2.42. The van der Waals surface area contributed by atoms with Crippen molar-refractivity contribution in [2.75, 3.05) is 0 Å². The van der Waals surface area contributed by atoms with E-state index < -0.39 is 0 Å². The number of aromatic nitrogens is 2. The van der Waals surface area contributed by atoms with E-state index in [1.807, 2.05) is 60.7 Å². The van der Waals surface area contributed by atoms with Crippen molar-refractivity contribution in [3.05, 3.63) is 230 Å². The highest BCUT2D eigenvalue weighted by atomic mass is 16.3. The molecule has 4 aromatic heterocycles. The van der Waals surface area contributed by atoms with E-state index in [1.165, 1.54) is 21.5 Å². The van der Waals surface area contributed by atoms with Crippen LogP contribution in [0.1, 0.15) is 11.1 Å². The average Bonchev–Trinajstić information content (AvgIpc) is 4.16. The highest BCUT2D eigenvalue weighted by molar-refractivity contribution is 6.13. The van der Waals surface area contributed by atoms with Crippen molar-refractivity contribution in [2.45, 2.75) is 0 Å². The third kappa shape index (κ3) is 5.96. The second kappa shape index (κ2) is 15.5. The molecule has 0 saturated heterocycles. The molecular weight excluding hydrogens is 833 g/mol. The lowest BCUT2D eigenvalue weighted by Crippen LogP contribution is -1.98. The van der Waals surface area contributed by atoms with Crippen LogP contribution in [0.4, 0.5) is 0 Å². The summed E-state index contributed by atoms with van der Waals surface area (Å²) in [6.07, 6.45) is 0. The normalized spacial score (nSPS) is 11.5. The van der Waals surface area contributed by atoms with E-state index in [9.17, 15) is 10.5 Å². The molecule has 10 aromatic carbocycles. The van der Waals surface area contributed by atoms with Gasteiger partial charge in [-0.3, -0.25) is 0 Å². The Labute approximate surface area is 389 Å². The monoisotopic (exact) mass is 868 g/mol. The van der Waals surface area contributed by atoms with E-state index in [2.05, 4.69) is 179 Å². The second-order valence-electron chi connectivity index (χ2n) is 17.0. The maximum atomic E-state index is 10.1. The molecule has 0 aliphatic rings. The van der Waals surface area contributed by atoms with Gasteiger partial charge in [0, 0.05) is 59.8 Å².